The van der Waals surface area contributed by atoms with E-state index in [4.69, 9.17) is 17.3 Å². The fourth-order valence-corrected chi connectivity index (χ4v) is 4.93. The van der Waals surface area contributed by atoms with E-state index >= 15 is 0 Å². The van der Waals surface area contributed by atoms with E-state index in [1.165, 1.54) is 11.3 Å². The molecule has 1 aromatic carbocycles. The van der Waals surface area contributed by atoms with Crippen LogP contribution >= 0.6 is 36.4 Å². The summed E-state index contributed by atoms with van der Waals surface area (Å²) in [6, 6.07) is 7.57. The first-order chi connectivity index (χ1) is 14.7. The van der Waals surface area contributed by atoms with Gasteiger partial charge in [-0.1, -0.05) is 30.7 Å². The number of nitrogens with two attached hydrogens (primary N) is 1. The Morgan fingerprint density at radius 2 is 1.79 bits per heavy atom. The molecule has 1 saturated heterocycles. The van der Waals surface area contributed by atoms with Crippen molar-refractivity contribution in [3.05, 3.63) is 52.4 Å². The smallest absolute Gasteiger partial charge is 0.230 e. The molecule has 2 heterocycles. The fraction of sp³-hybridized carbons (Fsp3) is 0.542. The van der Waals surface area contributed by atoms with Crippen molar-refractivity contribution < 1.29 is 4.79 Å². The molecule has 1 aromatic heterocycles. The van der Waals surface area contributed by atoms with Gasteiger partial charge in [-0.05, 0) is 56.7 Å². The van der Waals surface area contributed by atoms with Gasteiger partial charge in [-0.15, -0.1) is 24.8 Å². The largest absolute Gasteiger partial charge is 0.353 e. The van der Waals surface area contributed by atoms with E-state index in [-0.39, 0.29) is 36.6 Å². The minimum absolute atomic E-state index is 0. The van der Waals surface area contributed by atoms with Crippen molar-refractivity contribution in [1.82, 2.24) is 14.9 Å². The summed E-state index contributed by atoms with van der Waals surface area (Å²) in [5.41, 5.74) is 9.32. The molecule has 9 heteroatoms. The molecular weight excluding hydrogens is 481 g/mol. The standard InChI is InChI=1S/C24H32ClN5O.2ClH/c1-16-4-9-20-21(16)22(28-15-27-20)29-10-12-30(13-11-29)23(31)19(14-24(2,3)26)17-5-7-18(25)8-6-17;;/h5-8,15-16,19H,4,9-14,26H2,1-3H3;2*1H/t16-,19+;;/m1../s1. The van der Waals surface area contributed by atoms with E-state index in [1.54, 1.807) is 6.33 Å². The molecule has 1 aliphatic carbocycles. The van der Waals surface area contributed by atoms with Crippen molar-refractivity contribution in [2.75, 3.05) is 31.1 Å². The third-order valence-corrected chi connectivity index (χ3v) is 6.70. The Balaban J connectivity index is 0.00000193. The molecular formula is C24H34Cl3N5O. The number of benzene rings is 1. The van der Waals surface area contributed by atoms with E-state index in [0.29, 0.717) is 30.5 Å². The number of fused-ring (bicyclic) bond motifs is 1. The highest BCUT2D eigenvalue weighted by molar-refractivity contribution is 6.30. The predicted molar refractivity (Wildman–Crippen MR) is 139 cm³/mol. The molecule has 2 aliphatic rings. The summed E-state index contributed by atoms with van der Waals surface area (Å²) >= 11 is 6.07. The minimum Gasteiger partial charge on any atom is -0.353 e. The summed E-state index contributed by atoms with van der Waals surface area (Å²) in [4.78, 5) is 26.9. The molecule has 1 aliphatic heterocycles. The second-order valence-corrected chi connectivity index (χ2v) is 10.0. The van der Waals surface area contributed by atoms with Crippen LogP contribution in [0.2, 0.25) is 5.02 Å². The molecule has 0 radical (unpaired) electrons. The Labute approximate surface area is 214 Å². The number of nitrogens with zero attached hydrogens (tertiary/aromatic N) is 4. The predicted octanol–water partition coefficient (Wildman–Crippen LogP) is 4.58. The van der Waals surface area contributed by atoms with Crippen LogP contribution in [0, 0.1) is 0 Å². The Morgan fingerprint density at radius 1 is 1.15 bits per heavy atom. The lowest BCUT2D eigenvalue weighted by Gasteiger charge is -2.38. The van der Waals surface area contributed by atoms with E-state index < -0.39 is 5.54 Å². The molecule has 6 nitrogen and oxygen atoms in total. The van der Waals surface area contributed by atoms with Crippen LogP contribution in [0.15, 0.2) is 30.6 Å². The van der Waals surface area contributed by atoms with Crippen molar-refractivity contribution in [3.8, 4) is 0 Å². The van der Waals surface area contributed by atoms with Gasteiger partial charge in [0.05, 0.1) is 5.92 Å². The maximum atomic E-state index is 13.5. The van der Waals surface area contributed by atoms with Crippen LogP contribution in [0.5, 0.6) is 0 Å². The first-order valence-corrected chi connectivity index (χ1v) is 11.5. The van der Waals surface area contributed by atoms with Gasteiger partial charge < -0.3 is 15.5 Å². The molecule has 182 valence electrons. The van der Waals surface area contributed by atoms with Gasteiger partial charge in [0, 0.05) is 48.0 Å². The SMILES string of the molecule is C[C@@H]1CCc2ncnc(N3CCN(C(=O)[C@@H](CC(C)(C)N)c4ccc(Cl)cc4)CC3)c21.Cl.Cl. The van der Waals surface area contributed by atoms with Gasteiger partial charge in [0.25, 0.3) is 0 Å². The van der Waals surface area contributed by atoms with Gasteiger partial charge in [-0.3, -0.25) is 4.79 Å². The number of piperazine rings is 1. The number of aryl methyl sites for hydroxylation is 1. The number of hydrogen-bond acceptors (Lipinski definition) is 5. The topological polar surface area (TPSA) is 75.4 Å². The van der Waals surface area contributed by atoms with Crippen LogP contribution in [-0.4, -0.2) is 52.5 Å². The van der Waals surface area contributed by atoms with Gasteiger partial charge in [0.1, 0.15) is 12.1 Å². The summed E-state index contributed by atoms with van der Waals surface area (Å²) in [5, 5.41) is 0.669. The Hall–Kier alpha value is -1.60. The lowest BCUT2D eigenvalue weighted by Crippen LogP contribution is -2.51. The molecule has 2 atom stereocenters. The zero-order valence-corrected chi connectivity index (χ0v) is 21.8. The zero-order chi connectivity index (χ0) is 22.2. The van der Waals surface area contributed by atoms with Crippen molar-refractivity contribution in [1.29, 1.82) is 0 Å². The number of halogens is 3. The summed E-state index contributed by atoms with van der Waals surface area (Å²) in [6.07, 6.45) is 4.44. The number of carbonyl (C=O) groups is 1. The molecule has 2 aromatic rings. The fourth-order valence-electron chi connectivity index (χ4n) is 4.80. The number of hydrogen-bond donors (Lipinski definition) is 1. The Morgan fingerprint density at radius 3 is 2.39 bits per heavy atom. The number of carbonyl (C=O) groups excluding carboxylic acids is 1. The first kappa shape index (κ1) is 27.6. The van der Waals surface area contributed by atoms with Crippen LogP contribution < -0.4 is 10.6 Å². The quantitative estimate of drug-likeness (QED) is 0.632. The van der Waals surface area contributed by atoms with Crippen molar-refractivity contribution in [2.45, 2.75) is 57.4 Å². The maximum Gasteiger partial charge on any atom is 0.230 e. The average Bonchev–Trinajstić information content (AvgIpc) is 3.13. The Bertz CT molecular complexity index is 940. The summed E-state index contributed by atoms with van der Waals surface area (Å²) in [6.45, 7) is 9.12. The van der Waals surface area contributed by atoms with E-state index in [9.17, 15) is 4.79 Å². The number of aromatic nitrogens is 2. The molecule has 0 spiro atoms. The van der Waals surface area contributed by atoms with Crippen LogP contribution in [0.4, 0.5) is 5.82 Å². The van der Waals surface area contributed by atoms with Crippen LogP contribution in [0.3, 0.4) is 0 Å². The lowest BCUT2D eigenvalue weighted by molar-refractivity contribution is -0.133. The molecule has 2 N–H and O–H groups in total. The van der Waals surface area contributed by atoms with E-state index in [2.05, 4.69) is 21.8 Å². The van der Waals surface area contributed by atoms with Gasteiger partial charge in [0.15, 0.2) is 0 Å². The highest BCUT2D eigenvalue weighted by atomic mass is 35.5. The molecule has 4 rings (SSSR count). The van der Waals surface area contributed by atoms with Crippen LogP contribution in [0.1, 0.15) is 62.3 Å². The molecule has 0 bridgehead atoms. The molecule has 1 amide bonds. The third kappa shape index (κ3) is 6.30. The number of rotatable bonds is 5. The van der Waals surface area contributed by atoms with E-state index in [0.717, 1.165) is 37.3 Å². The first-order valence-electron chi connectivity index (χ1n) is 11.1. The zero-order valence-electron chi connectivity index (χ0n) is 19.5. The lowest BCUT2D eigenvalue weighted by atomic mass is 9.85. The minimum atomic E-state index is -0.445. The summed E-state index contributed by atoms with van der Waals surface area (Å²) < 4.78 is 0. The van der Waals surface area contributed by atoms with Crippen LogP contribution in [0.25, 0.3) is 0 Å². The summed E-state index contributed by atoms with van der Waals surface area (Å²) in [7, 11) is 0. The summed E-state index contributed by atoms with van der Waals surface area (Å²) in [5.74, 6) is 1.42. The highest BCUT2D eigenvalue weighted by Gasteiger charge is 2.33. The second kappa shape index (κ2) is 11.2. The number of anilines is 1. The van der Waals surface area contributed by atoms with Crippen molar-refractivity contribution in [2.24, 2.45) is 5.73 Å². The normalized spacial score (nSPS) is 18.8. The molecule has 33 heavy (non-hydrogen) atoms. The average molecular weight is 515 g/mol. The highest BCUT2D eigenvalue weighted by Crippen LogP contribution is 2.37. The number of amides is 1. The Kier molecular flexibility index (Phi) is 9.40. The third-order valence-electron chi connectivity index (χ3n) is 6.44. The van der Waals surface area contributed by atoms with Crippen LogP contribution in [-0.2, 0) is 11.2 Å². The molecule has 0 unspecified atom stereocenters. The monoisotopic (exact) mass is 513 g/mol. The maximum absolute atomic E-state index is 13.5. The second-order valence-electron chi connectivity index (χ2n) is 9.61. The van der Waals surface area contributed by atoms with Gasteiger partial charge in [0.2, 0.25) is 5.91 Å². The molecule has 1 fully saturated rings. The van der Waals surface area contributed by atoms with Crippen molar-refractivity contribution >= 4 is 48.1 Å². The van der Waals surface area contributed by atoms with Gasteiger partial charge in [-0.25, -0.2) is 9.97 Å². The van der Waals surface area contributed by atoms with Gasteiger partial charge >= 0.3 is 0 Å². The van der Waals surface area contributed by atoms with Gasteiger partial charge in [-0.2, -0.15) is 0 Å². The molecule has 0 saturated carbocycles. The van der Waals surface area contributed by atoms with E-state index in [1.807, 2.05) is 43.0 Å². The van der Waals surface area contributed by atoms with Crippen molar-refractivity contribution in [3.63, 3.8) is 0 Å².